The van der Waals surface area contributed by atoms with Gasteiger partial charge >= 0.3 is 6.36 Å². The molecule has 0 bridgehead atoms. The maximum atomic E-state index is 14.7. The number of aliphatic hydroxyl groups is 1. The average molecular weight is 595 g/mol. The Morgan fingerprint density at radius 3 is 2.33 bits per heavy atom. The second-order valence-electron chi connectivity index (χ2n) is 11.1. The summed E-state index contributed by atoms with van der Waals surface area (Å²) in [5.74, 6) is -2.46. The van der Waals surface area contributed by atoms with Gasteiger partial charge in [0.1, 0.15) is 12.1 Å². The minimum Gasteiger partial charge on any atom is -0.403 e. The molecule has 5 rings (SSSR count). The highest BCUT2D eigenvalue weighted by Crippen LogP contribution is 2.43. The highest BCUT2D eigenvalue weighted by molar-refractivity contribution is 5.84. The highest BCUT2D eigenvalue weighted by atomic mass is 19.4. The van der Waals surface area contributed by atoms with Crippen LogP contribution in [-0.4, -0.2) is 107 Å². The number of alkyl halides is 3. The van der Waals surface area contributed by atoms with Crippen LogP contribution >= 0.6 is 0 Å². The Balaban J connectivity index is 1.33. The number of hydrogen-bond acceptors (Lipinski definition) is 8. The number of benzene rings is 1. The lowest BCUT2D eigenvalue weighted by Gasteiger charge is -2.40. The number of anilines is 1. The number of aliphatic hydroxyl groups excluding tert-OH is 1. The van der Waals surface area contributed by atoms with Crippen molar-refractivity contribution in [1.29, 1.82) is 0 Å². The van der Waals surface area contributed by atoms with Crippen molar-refractivity contribution in [3.8, 4) is 5.75 Å². The van der Waals surface area contributed by atoms with E-state index in [-0.39, 0.29) is 29.8 Å². The molecule has 14 heteroatoms. The van der Waals surface area contributed by atoms with E-state index in [0.29, 0.717) is 64.5 Å². The maximum Gasteiger partial charge on any atom is 0.573 e. The van der Waals surface area contributed by atoms with Crippen molar-refractivity contribution in [2.45, 2.75) is 44.6 Å². The van der Waals surface area contributed by atoms with Crippen molar-refractivity contribution >= 4 is 17.6 Å². The minimum absolute atomic E-state index is 0.0410. The van der Waals surface area contributed by atoms with Crippen LogP contribution < -0.4 is 9.64 Å². The molecule has 0 unspecified atom stereocenters. The van der Waals surface area contributed by atoms with Gasteiger partial charge in [-0.05, 0) is 30.0 Å². The van der Waals surface area contributed by atoms with E-state index in [1.165, 1.54) is 19.3 Å². The van der Waals surface area contributed by atoms with Crippen molar-refractivity contribution in [3.05, 3.63) is 47.2 Å². The Hall–Kier alpha value is -3.52. The summed E-state index contributed by atoms with van der Waals surface area (Å²) in [6, 6.07) is 3.13. The van der Waals surface area contributed by atoms with Crippen molar-refractivity contribution in [3.63, 3.8) is 0 Å². The minimum atomic E-state index is -5.05. The summed E-state index contributed by atoms with van der Waals surface area (Å²) in [4.78, 5) is 41.9. The third-order valence-electron chi connectivity index (χ3n) is 8.31. The summed E-state index contributed by atoms with van der Waals surface area (Å²) < 4.78 is 56.6. The second kappa shape index (κ2) is 12.0. The molecule has 2 aliphatic heterocycles. The third-order valence-corrected chi connectivity index (χ3v) is 8.31. The van der Waals surface area contributed by atoms with Gasteiger partial charge < -0.3 is 24.5 Å². The molecule has 228 valence electrons. The molecule has 1 N–H and O–H groups in total. The number of aromatic nitrogens is 2. The summed E-state index contributed by atoms with van der Waals surface area (Å²) in [6.45, 7) is 7.41. The zero-order chi connectivity index (χ0) is 30.2. The molecule has 3 heterocycles. The van der Waals surface area contributed by atoms with Gasteiger partial charge in [-0.1, -0.05) is 13.0 Å². The molecule has 1 aromatic carbocycles. The molecule has 0 radical (unpaired) electrons. The molecule has 3 atom stereocenters. The standard InChI is InChI=1S/C28H34F4N6O4/c1-17-13-22(40)25-24(17)26(34-16-33-25)37-9-11-38(12-10-37)27(41)20(15-35-5-7-36(8-6-35)18(2)39)19-3-4-23(21(29)14-19)42-28(30,31)32/h3-4,14,16-17,20,22,40H,5-13,15H2,1-2H3/t17-,20-,22-/m1/s1. The lowest BCUT2D eigenvalue weighted by atomic mass is 9.95. The van der Waals surface area contributed by atoms with Gasteiger partial charge in [-0.25, -0.2) is 14.4 Å². The summed E-state index contributed by atoms with van der Waals surface area (Å²) in [5, 5.41) is 10.4. The monoisotopic (exact) mass is 594 g/mol. The highest BCUT2D eigenvalue weighted by Gasteiger charge is 2.37. The zero-order valence-corrected chi connectivity index (χ0v) is 23.5. The van der Waals surface area contributed by atoms with Crippen LogP contribution in [0, 0.1) is 5.82 Å². The Kier molecular flexibility index (Phi) is 8.56. The number of fused-ring (bicyclic) bond motifs is 1. The first-order chi connectivity index (χ1) is 19.9. The van der Waals surface area contributed by atoms with Crippen LogP contribution in [0.4, 0.5) is 23.4 Å². The quantitative estimate of drug-likeness (QED) is 0.510. The Bertz CT molecular complexity index is 1310. The van der Waals surface area contributed by atoms with Gasteiger partial charge in [0.05, 0.1) is 17.7 Å². The SMILES string of the molecule is CC(=O)N1CCN(C[C@@H](C(=O)N2CCN(c3ncnc4c3[C@H](C)C[C@H]4O)CC2)c2ccc(OC(F)(F)F)c(F)c2)CC1. The summed E-state index contributed by atoms with van der Waals surface area (Å²) in [6.07, 6.45) is -3.67. The van der Waals surface area contributed by atoms with Crippen LogP contribution in [0.3, 0.4) is 0 Å². The van der Waals surface area contributed by atoms with Crippen molar-refractivity contribution in [2.75, 3.05) is 63.8 Å². The van der Waals surface area contributed by atoms with Crippen LogP contribution in [0.25, 0.3) is 0 Å². The predicted molar refractivity (Wildman–Crippen MR) is 143 cm³/mol. The first kappa shape index (κ1) is 30.0. The summed E-state index contributed by atoms with van der Waals surface area (Å²) in [5.41, 5.74) is 1.81. The fraction of sp³-hybridized carbons (Fsp3) is 0.571. The van der Waals surface area contributed by atoms with Crippen LogP contribution in [0.1, 0.15) is 55.0 Å². The Morgan fingerprint density at radius 2 is 1.71 bits per heavy atom. The van der Waals surface area contributed by atoms with Crippen LogP contribution in [0.2, 0.25) is 0 Å². The summed E-state index contributed by atoms with van der Waals surface area (Å²) >= 11 is 0. The number of carbonyl (C=O) groups is 2. The topological polar surface area (TPSA) is 102 Å². The van der Waals surface area contributed by atoms with Crippen molar-refractivity contribution < 1.29 is 37.0 Å². The average Bonchev–Trinajstić information content (AvgIpc) is 3.25. The Morgan fingerprint density at radius 1 is 1.05 bits per heavy atom. The van der Waals surface area contributed by atoms with Gasteiger partial charge in [0.25, 0.3) is 0 Å². The lowest BCUT2D eigenvalue weighted by Crippen LogP contribution is -2.53. The van der Waals surface area contributed by atoms with Gasteiger partial charge in [-0.3, -0.25) is 14.5 Å². The molecule has 3 aliphatic rings. The van der Waals surface area contributed by atoms with E-state index in [1.54, 1.807) is 9.80 Å². The molecule has 42 heavy (non-hydrogen) atoms. The molecule has 2 aromatic rings. The maximum absolute atomic E-state index is 14.7. The van der Waals surface area contributed by atoms with E-state index in [0.717, 1.165) is 23.5 Å². The van der Waals surface area contributed by atoms with Gasteiger partial charge in [0.2, 0.25) is 11.8 Å². The predicted octanol–water partition coefficient (Wildman–Crippen LogP) is 2.65. The number of rotatable bonds is 6. The normalized spacial score (nSPS) is 22.2. The van der Waals surface area contributed by atoms with Crippen molar-refractivity contribution in [2.24, 2.45) is 0 Å². The van der Waals surface area contributed by atoms with E-state index < -0.39 is 30.0 Å². The Labute approximate surface area is 240 Å². The number of halogens is 4. The molecule has 0 spiro atoms. The van der Waals surface area contributed by atoms with Gasteiger partial charge in [0.15, 0.2) is 11.6 Å². The van der Waals surface area contributed by atoms with Crippen LogP contribution in [0.15, 0.2) is 24.5 Å². The van der Waals surface area contributed by atoms with E-state index >= 15 is 0 Å². The molecular formula is C28H34F4N6O4. The van der Waals surface area contributed by atoms with Gasteiger partial charge in [-0.2, -0.15) is 0 Å². The van der Waals surface area contributed by atoms with Crippen LogP contribution in [-0.2, 0) is 9.59 Å². The van der Waals surface area contributed by atoms with E-state index in [4.69, 9.17) is 0 Å². The molecule has 0 saturated carbocycles. The van der Waals surface area contributed by atoms with Crippen molar-refractivity contribution in [1.82, 2.24) is 24.7 Å². The van der Waals surface area contributed by atoms with Gasteiger partial charge in [0, 0.05) is 71.4 Å². The number of ether oxygens (including phenoxy) is 1. The summed E-state index contributed by atoms with van der Waals surface area (Å²) in [7, 11) is 0. The first-order valence-corrected chi connectivity index (χ1v) is 14.0. The number of nitrogens with zero attached hydrogens (tertiary/aromatic N) is 6. The third kappa shape index (κ3) is 6.43. The number of piperazine rings is 2. The van der Waals surface area contributed by atoms with E-state index in [2.05, 4.69) is 19.6 Å². The van der Waals surface area contributed by atoms with E-state index in [9.17, 15) is 32.3 Å². The molecule has 1 aliphatic carbocycles. The largest absolute Gasteiger partial charge is 0.573 e. The molecule has 2 fully saturated rings. The second-order valence-corrected chi connectivity index (χ2v) is 11.1. The number of hydrogen-bond donors (Lipinski definition) is 1. The molecule has 10 nitrogen and oxygen atoms in total. The van der Waals surface area contributed by atoms with Crippen LogP contribution in [0.5, 0.6) is 5.75 Å². The fourth-order valence-electron chi connectivity index (χ4n) is 6.08. The first-order valence-electron chi connectivity index (χ1n) is 14.0. The molecule has 2 amide bonds. The molecule has 2 saturated heterocycles. The molecular weight excluding hydrogens is 560 g/mol. The number of carbonyl (C=O) groups excluding carboxylic acids is 2. The number of amides is 2. The smallest absolute Gasteiger partial charge is 0.403 e. The fourth-order valence-corrected chi connectivity index (χ4v) is 6.08. The zero-order valence-electron chi connectivity index (χ0n) is 23.5. The lowest BCUT2D eigenvalue weighted by molar-refractivity contribution is -0.275. The molecule has 1 aromatic heterocycles. The van der Waals surface area contributed by atoms with E-state index in [1.807, 2.05) is 11.8 Å². The van der Waals surface area contributed by atoms with Gasteiger partial charge in [-0.15, -0.1) is 13.2 Å².